The van der Waals surface area contributed by atoms with E-state index in [2.05, 4.69) is 19.9 Å². The fourth-order valence-electron chi connectivity index (χ4n) is 4.40. The van der Waals surface area contributed by atoms with Gasteiger partial charge in [0, 0.05) is 26.2 Å². The molecule has 1 fully saturated rings. The van der Waals surface area contributed by atoms with E-state index in [0.29, 0.717) is 36.2 Å². The lowest BCUT2D eigenvalue weighted by atomic mass is 10.0. The van der Waals surface area contributed by atoms with Crippen molar-refractivity contribution in [3.63, 3.8) is 0 Å². The van der Waals surface area contributed by atoms with E-state index in [1.165, 1.54) is 21.9 Å². The Morgan fingerprint density at radius 3 is 2.48 bits per heavy atom. The molecule has 5 rings (SSSR count). The Labute approximate surface area is 195 Å². The van der Waals surface area contributed by atoms with Crippen molar-refractivity contribution < 1.29 is 14.2 Å². The number of fused-ring (bicyclic) bond motifs is 1. The Bertz CT molecular complexity index is 1250. The fraction of sp³-hybridized carbons (Fsp3) is 0.333. The van der Waals surface area contributed by atoms with E-state index in [4.69, 9.17) is 4.74 Å². The minimum atomic E-state index is -0.201. The molecule has 4 aromatic rings. The van der Waals surface area contributed by atoms with Gasteiger partial charge in [-0.05, 0) is 43.7 Å². The summed E-state index contributed by atoms with van der Waals surface area (Å²) in [5, 5.41) is 15.4. The Morgan fingerprint density at radius 2 is 1.82 bits per heavy atom. The number of thiazole rings is 1. The minimum absolute atomic E-state index is 0.117. The predicted molar refractivity (Wildman–Crippen MR) is 127 cm³/mol. The van der Waals surface area contributed by atoms with Crippen molar-refractivity contribution in [2.24, 2.45) is 0 Å². The van der Waals surface area contributed by atoms with E-state index >= 15 is 0 Å². The smallest absolute Gasteiger partial charge is 0.230 e. The Morgan fingerprint density at radius 1 is 1.09 bits per heavy atom. The SMILES string of the molecule is CCOc1ccc([C@@H](c2sc3nc(C)nn3c2O)N2CCN(c3ccccc3F)CC2)cc1. The summed E-state index contributed by atoms with van der Waals surface area (Å²) >= 11 is 1.45. The molecule has 0 unspecified atom stereocenters. The molecule has 1 N–H and O–H groups in total. The first kappa shape index (κ1) is 21.7. The van der Waals surface area contributed by atoms with Gasteiger partial charge in [0.2, 0.25) is 10.8 Å². The highest BCUT2D eigenvalue weighted by Gasteiger charge is 2.32. The highest BCUT2D eigenvalue weighted by Crippen LogP contribution is 2.40. The Hall–Kier alpha value is -3.17. The summed E-state index contributed by atoms with van der Waals surface area (Å²) in [5.41, 5.74) is 1.68. The van der Waals surface area contributed by atoms with Crippen LogP contribution in [-0.2, 0) is 0 Å². The first-order valence-electron chi connectivity index (χ1n) is 11.1. The van der Waals surface area contributed by atoms with Gasteiger partial charge in [-0.2, -0.15) is 4.52 Å². The standard InChI is InChI=1S/C24H26FN5O2S/c1-3-32-18-10-8-17(9-11-18)21(22-23(31)30-24(33-22)26-16(2)27-30)29-14-12-28(13-15-29)20-7-5-4-6-19(20)25/h4-11,21,31H,3,12-15H2,1-2H3/t21-/m0/s1. The van der Waals surface area contributed by atoms with E-state index in [-0.39, 0.29) is 17.7 Å². The number of benzene rings is 2. The predicted octanol–water partition coefficient (Wildman–Crippen LogP) is 4.25. The third kappa shape index (κ3) is 4.14. The Kier molecular flexibility index (Phi) is 5.90. The van der Waals surface area contributed by atoms with Crippen LogP contribution in [-0.4, -0.2) is 57.4 Å². The molecule has 0 amide bonds. The van der Waals surface area contributed by atoms with Crippen LogP contribution in [0.2, 0.25) is 0 Å². The van der Waals surface area contributed by atoms with Crippen LogP contribution in [0.4, 0.5) is 10.1 Å². The van der Waals surface area contributed by atoms with E-state index < -0.39 is 0 Å². The van der Waals surface area contributed by atoms with Gasteiger partial charge in [0.1, 0.15) is 17.4 Å². The lowest BCUT2D eigenvalue weighted by Crippen LogP contribution is -2.48. The average molecular weight is 468 g/mol. The third-order valence-corrected chi connectivity index (χ3v) is 7.01. The summed E-state index contributed by atoms with van der Waals surface area (Å²) in [6.07, 6.45) is 0. The first-order valence-corrected chi connectivity index (χ1v) is 11.9. The van der Waals surface area contributed by atoms with Crippen molar-refractivity contribution in [3.8, 4) is 11.6 Å². The van der Waals surface area contributed by atoms with Crippen molar-refractivity contribution in [1.29, 1.82) is 0 Å². The van der Waals surface area contributed by atoms with Crippen LogP contribution in [0.5, 0.6) is 11.6 Å². The molecule has 33 heavy (non-hydrogen) atoms. The van der Waals surface area contributed by atoms with Crippen LogP contribution in [0.25, 0.3) is 4.96 Å². The van der Waals surface area contributed by atoms with Gasteiger partial charge in [0.05, 0.1) is 23.2 Å². The van der Waals surface area contributed by atoms with E-state index in [0.717, 1.165) is 29.3 Å². The van der Waals surface area contributed by atoms with Gasteiger partial charge in [-0.3, -0.25) is 4.90 Å². The van der Waals surface area contributed by atoms with Crippen LogP contribution in [0.15, 0.2) is 48.5 Å². The monoisotopic (exact) mass is 467 g/mol. The number of rotatable bonds is 6. The topological polar surface area (TPSA) is 66.1 Å². The van der Waals surface area contributed by atoms with Crippen LogP contribution in [0.1, 0.15) is 29.2 Å². The summed E-state index contributed by atoms with van der Waals surface area (Å²) in [4.78, 5) is 10.3. The lowest BCUT2D eigenvalue weighted by Gasteiger charge is -2.40. The number of aryl methyl sites for hydroxylation is 1. The maximum absolute atomic E-state index is 14.3. The van der Waals surface area contributed by atoms with Gasteiger partial charge >= 0.3 is 0 Å². The van der Waals surface area contributed by atoms with E-state index in [1.54, 1.807) is 6.07 Å². The molecular formula is C24H26FN5O2S. The minimum Gasteiger partial charge on any atom is -0.494 e. The van der Waals surface area contributed by atoms with Crippen molar-refractivity contribution in [2.75, 3.05) is 37.7 Å². The fourth-order valence-corrected chi connectivity index (χ4v) is 5.56. The zero-order valence-electron chi connectivity index (χ0n) is 18.6. The van der Waals surface area contributed by atoms with Crippen molar-refractivity contribution in [1.82, 2.24) is 19.5 Å². The number of ether oxygens (including phenoxy) is 1. The zero-order chi connectivity index (χ0) is 22.9. The summed E-state index contributed by atoms with van der Waals surface area (Å²) < 4.78 is 21.4. The summed E-state index contributed by atoms with van der Waals surface area (Å²) in [7, 11) is 0. The van der Waals surface area contributed by atoms with Gasteiger partial charge in [0.25, 0.3) is 0 Å². The highest BCUT2D eigenvalue weighted by atomic mass is 32.1. The average Bonchev–Trinajstić information content (AvgIpc) is 3.33. The van der Waals surface area contributed by atoms with Gasteiger partial charge in [0.15, 0.2) is 0 Å². The van der Waals surface area contributed by atoms with E-state index in [9.17, 15) is 9.50 Å². The number of aromatic hydroxyl groups is 1. The highest BCUT2D eigenvalue weighted by molar-refractivity contribution is 7.17. The number of anilines is 1. The van der Waals surface area contributed by atoms with Gasteiger partial charge in [-0.15, -0.1) is 5.10 Å². The normalized spacial score (nSPS) is 15.8. The molecule has 7 nitrogen and oxygen atoms in total. The molecular weight excluding hydrogens is 441 g/mol. The third-order valence-electron chi connectivity index (χ3n) is 5.93. The largest absolute Gasteiger partial charge is 0.494 e. The number of halogens is 1. The molecule has 0 aliphatic carbocycles. The maximum atomic E-state index is 14.3. The van der Waals surface area contributed by atoms with E-state index in [1.807, 2.05) is 50.2 Å². The number of para-hydroxylation sites is 1. The van der Waals surface area contributed by atoms with Crippen LogP contribution in [0.3, 0.4) is 0 Å². The van der Waals surface area contributed by atoms with Gasteiger partial charge in [-0.1, -0.05) is 35.6 Å². The molecule has 2 aromatic carbocycles. The molecule has 0 spiro atoms. The van der Waals surface area contributed by atoms with Gasteiger partial charge in [-0.25, -0.2) is 9.37 Å². The van der Waals surface area contributed by atoms with Crippen LogP contribution in [0, 0.1) is 12.7 Å². The molecule has 1 saturated heterocycles. The van der Waals surface area contributed by atoms with Crippen molar-refractivity contribution in [2.45, 2.75) is 19.9 Å². The summed E-state index contributed by atoms with van der Waals surface area (Å²) in [5.74, 6) is 1.35. The van der Waals surface area contributed by atoms with Gasteiger partial charge < -0.3 is 14.7 Å². The van der Waals surface area contributed by atoms with Crippen LogP contribution < -0.4 is 9.64 Å². The number of nitrogens with zero attached hydrogens (tertiary/aromatic N) is 5. The molecule has 0 bridgehead atoms. The molecule has 9 heteroatoms. The molecule has 2 aromatic heterocycles. The maximum Gasteiger partial charge on any atom is 0.230 e. The summed E-state index contributed by atoms with van der Waals surface area (Å²) in [6.45, 7) is 7.19. The van der Waals surface area contributed by atoms with Crippen molar-refractivity contribution >= 4 is 22.0 Å². The molecule has 0 saturated carbocycles. The van der Waals surface area contributed by atoms with Crippen LogP contribution >= 0.6 is 11.3 Å². The first-order chi connectivity index (χ1) is 16.0. The molecule has 3 heterocycles. The molecule has 0 radical (unpaired) electrons. The quantitative estimate of drug-likeness (QED) is 0.457. The number of hydrogen-bond donors (Lipinski definition) is 1. The molecule has 1 aliphatic heterocycles. The molecule has 1 aliphatic rings. The Balaban J connectivity index is 1.47. The number of aromatic nitrogens is 3. The second kappa shape index (κ2) is 8.99. The molecule has 172 valence electrons. The lowest BCUT2D eigenvalue weighted by molar-refractivity contribution is 0.210. The zero-order valence-corrected chi connectivity index (χ0v) is 19.4. The molecule has 1 atom stereocenters. The van der Waals surface area contributed by atoms with Crippen molar-refractivity contribution in [3.05, 3.63) is 70.6 Å². The second-order valence-corrected chi connectivity index (χ2v) is 9.03. The second-order valence-electron chi connectivity index (χ2n) is 8.02. The number of piperazine rings is 1. The summed E-state index contributed by atoms with van der Waals surface area (Å²) in [6, 6.07) is 14.7. The number of hydrogen-bond acceptors (Lipinski definition) is 7.